The van der Waals surface area contributed by atoms with Gasteiger partial charge in [0, 0.05) is 30.8 Å². The molecule has 4 rings (SSSR count). The zero-order chi connectivity index (χ0) is 18.3. The van der Waals surface area contributed by atoms with Crippen LogP contribution in [0.25, 0.3) is 10.2 Å². The first-order valence-electron chi connectivity index (χ1n) is 9.82. The Bertz CT molecular complexity index is 875. The zero-order valence-electron chi connectivity index (χ0n) is 15.6. The summed E-state index contributed by atoms with van der Waals surface area (Å²) in [6, 6.07) is 0. The second-order valence-electron chi connectivity index (χ2n) is 8.15. The number of aromatic nitrogens is 2. The monoisotopic (exact) mass is 373 g/mol. The highest BCUT2D eigenvalue weighted by atomic mass is 32.1. The van der Waals surface area contributed by atoms with Gasteiger partial charge < -0.3 is 9.88 Å². The van der Waals surface area contributed by atoms with Crippen LogP contribution in [0.15, 0.2) is 4.79 Å². The predicted octanol–water partition coefficient (Wildman–Crippen LogP) is 3.30. The Morgan fingerprint density at radius 1 is 1.23 bits per heavy atom. The van der Waals surface area contributed by atoms with Gasteiger partial charge in [-0.1, -0.05) is 13.8 Å². The number of thiophene rings is 1. The highest BCUT2D eigenvalue weighted by Gasteiger charge is 2.25. The Hall–Kier alpha value is -1.69. The van der Waals surface area contributed by atoms with E-state index >= 15 is 0 Å². The molecule has 6 heteroatoms. The third-order valence-electron chi connectivity index (χ3n) is 5.67. The SMILES string of the molecule is C[C@H]1C[C@H](C)CN(C(=O)CCc2nc3sc4c(c3c(=O)[nH]2)CCCC4)C1. The third kappa shape index (κ3) is 3.43. The molecule has 2 aromatic heterocycles. The molecule has 140 valence electrons. The van der Waals surface area contributed by atoms with Crippen LogP contribution in [0.2, 0.25) is 0 Å². The summed E-state index contributed by atoms with van der Waals surface area (Å²) in [5.74, 6) is 1.95. The van der Waals surface area contributed by atoms with E-state index in [0.717, 1.165) is 42.6 Å². The van der Waals surface area contributed by atoms with Gasteiger partial charge >= 0.3 is 0 Å². The fourth-order valence-electron chi connectivity index (χ4n) is 4.58. The summed E-state index contributed by atoms with van der Waals surface area (Å²) in [6.45, 7) is 6.12. The normalized spacial score (nSPS) is 23.2. The molecule has 1 amide bonds. The highest BCUT2D eigenvalue weighted by molar-refractivity contribution is 7.18. The molecule has 5 nitrogen and oxygen atoms in total. The van der Waals surface area contributed by atoms with Gasteiger partial charge in [0.05, 0.1) is 5.39 Å². The Kier molecular flexibility index (Phi) is 4.86. The number of aromatic amines is 1. The van der Waals surface area contributed by atoms with E-state index in [0.29, 0.717) is 30.5 Å². The summed E-state index contributed by atoms with van der Waals surface area (Å²) in [5, 5.41) is 0.790. The van der Waals surface area contributed by atoms with Gasteiger partial charge in [-0.3, -0.25) is 9.59 Å². The fraction of sp³-hybridized carbons (Fsp3) is 0.650. The first-order valence-corrected chi connectivity index (χ1v) is 10.6. The average Bonchev–Trinajstić information content (AvgIpc) is 2.97. The maximum Gasteiger partial charge on any atom is 0.259 e. The Balaban J connectivity index is 1.49. The molecular weight excluding hydrogens is 346 g/mol. The summed E-state index contributed by atoms with van der Waals surface area (Å²) in [4.78, 5) is 36.9. The van der Waals surface area contributed by atoms with Crippen LogP contribution in [0.5, 0.6) is 0 Å². The number of rotatable bonds is 3. The molecule has 1 saturated heterocycles. The predicted molar refractivity (Wildman–Crippen MR) is 105 cm³/mol. The number of H-pyrrole nitrogens is 1. The molecule has 0 bridgehead atoms. The van der Waals surface area contributed by atoms with Gasteiger partial charge in [0.2, 0.25) is 5.91 Å². The lowest BCUT2D eigenvalue weighted by molar-refractivity contribution is -0.133. The second kappa shape index (κ2) is 7.14. The standard InChI is InChI=1S/C20H27N3O2S/c1-12-9-13(2)11-23(10-12)17(24)8-7-16-21-19(25)18-14-5-3-4-6-15(14)26-20(18)22-16/h12-13H,3-11H2,1-2H3,(H,21,22,25)/t12-,13-/m0/s1. The van der Waals surface area contributed by atoms with Crippen molar-refractivity contribution in [3.8, 4) is 0 Å². The largest absolute Gasteiger partial charge is 0.342 e. The van der Waals surface area contributed by atoms with E-state index in [2.05, 4.69) is 23.8 Å². The fourth-order valence-corrected chi connectivity index (χ4v) is 5.86. The minimum atomic E-state index is -0.0305. The zero-order valence-corrected chi connectivity index (χ0v) is 16.5. The van der Waals surface area contributed by atoms with E-state index in [1.807, 2.05) is 4.90 Å². The van der Waals surface area contributed by atoms with Crippen LogP contribution in [0, 0.1) is 11.8 Å². The lowest BCUT2D eigenvalue weighted by Crippen LogP contribution is -2.42. The molecule has 2 aliphatic rings. The molecule has 1 aliphatic carbocycles. The van der Waals surface area contributed by atoms with Crippen LogP contribution >= 0.6 is 11.3 Å². The number of hydrogen-bond acceptors (Lipinski definition) is 4. The lowest BCUT2D eigenvalue weighted by Gasteiger charge is -2.35. The van der Waals surface area contributed by atoms with E-state index in [1.165, 1.54) is 23.3 Å². The topological polar surface area (TPSA) is 66.1 Å². The van der Waals surface area contributed by atoms with Crippen LogP contribution in [-0.4, -0.2) is 33.9 Å². The van der Waals surface area contributed by atoms with Crippen molar-refractivity contribution in [1.29, 1.82) is 0 Å². The molecule has 1 N–H and O–H groups in total. The van der Waals surface area contributed by atoms with Crippen molar-refractivity contribution in [3.63, 3.8) is 0 Å². The van der Waals surface area contributed by atoms with Crippen LogP contribution in [0.1, 0.15) is 55.8 Å². The number of carbonyl (C=O) groups is 1. The first-order chi connectivity index (χ1) is 12.5. The molecule has 1 aliphatic heterocycles. The Morgan fingerprint density at radius 2 is 1.96 bits per heavy atom. The van der Waals surface area contributed by atoms with Crippen molar-refractivity contribution in [2.45, 2.75) is 58.8 Å². The van der Waals surface area contributed by atoms with Gasteiger partial charge in [-0.25, -0.2) is 4.98 Å². The van der Waals surface area contributed by atoms with Crippen LogP contribution in [0.4, 0.5) is 0 Å². The van der Waals surface area contributed by atoms with Crippen LogP contribution in [0.3, 0.4) is 0 Å². The van der Waals surface area contributed by atoms with Gasteiger partial charge in [0.25, 0.3) is 5.56 Å². The van der Waals surface area contributed by atoms with E-state index in [-0.39, 0.29) is 11.5 Å². The minimum Gasteiger partial charge on any atom is -0.342 e. The maximum atomic E-state index is 12.6. The van der Waals surface area contributed by atoms with E-state index in [4.69, 9.17) is 0 Å². The maximum absolute atomic E-state index is 12.6. The summed E-state index contributed by atoms with van der Waals surface area (Å²) < 4.78 is 0. The van der Waals surface area contributed by atoms with Gasteiger partial charge in [0.15, 0.2) is 0 Å². The summed E-state index contributed by atoms with van der Waals surface area (Å²) in [7, 11) is 0. The minimum absolute atomic E-state index is 0.0305. The number of amides is 1. The van der Waals surface area contributed by atoms with Crippen molar-refractivity contribution in [1.82, 2.24) is 14.9 Å². The molecule has 2 aromatic rings. The average molecular weight is 374 g/mol. The summed E-state index contributed by atoms with van der Waals surface area (Å²) in [5.41, 5.74) is 1.18. The van der Waals surface area contributed by atoms with E-state index in [1.54, 1.807) is 11.3 Å². The molecule has 2 atom stereocenters. The smallest absolute Gasteiger partial charge is 0.259 e. The van der Waals surface area contributed by atoms with Crippen molar-refractivity contribution in [3.05, 3.63) is 26.6 Å². The molecule has 0 spiro atoms. The van der Waals surface area contributed by atoms with Gasteiger partial charge in [0.1, 0.15) is 10.7 Å². The van der Waals surface area contributed by atoms with Crippen LogP contribution in [-0.2, 0) is 24.1 Å². The number of piperidine rings is 1. The molecule has 26 heavy (non-hydrogen) atoms. The number of nitrogens with one attached hydrogen (secondary N) is 1. The number of nitrogens with zero attached hydrogens (tertiary/aromatic N) is 2. The molecule has 0 unspecified atom stereocenters. The molecular formula is C20H27N3O2S. The van der Waals surface area contributed by atoms with E-state index in [9.17, 15) is 9.59 Å². The van der Waals surface area contributed by atoms with Crippen LogP contribution < -0.4 is 5.56 Å². The number of likely N-dealkylation sites (tertiary alicyclic amines) is 1. The van der Waals surface area contributed by atoms with Crippen molar-refractivity contribution in [2.75, 3.05) is 13.1 Å². The number of aryl methyl sites for hydroxylation is 3. The number of hydrogen-bond donors (Lipinski definition) is 1. The Labute approximate surface area is 157 Å². The van der Waals surface area contributed by atoms with E-state index < -0.39 is 0 Å². The van der Waals surface area contributed by atoms with Gasteiger partial charge in [-0.05, 0) is 49.5 Å². The molecule has 0 saturated carbocycles. The van der Waals surface area contributed by atoms with Crippen molar-refractivity contribution < 1.29 is 4.79 Å². The molecule has 3 heterocycles. The van der Waals surface area contributed by atoms with Crippen molar-refractivity contribution >= 4 is 27.5 Å². The Morgan fingerprint density at radius 3 is 2.73 bits per heavy atom. The quantitative estimate of drug-likeness (QED) is 0.898. The second-order valence-corrected chi connectivity index (χ2v) is 9.23. The third-order valence-corrected chi connectivity index (χ3v) is 6.86. The molecule has 0 aromatic carbocycles. The van der Waals surface area contributed by atoms with Crippen molar-refractivity contribution in [2.24, 2.45) is 11.8 Å². The number of fused-ring (bicyclic) bond motifs is 3. The van der Waals surface area contributed by atoms with Gasteiger partial charge in [-0.2, -0.15) is 0 Å². The summed E-state index contributed by atoms with van der Waals surface area (Å²) >= 11 is 1.66. The molecule has 1 fully saturated rings. The summed E-state index contributed by atoms with van der Waals surface area (Å²) in [6.07, 6.45) is 6.52. The first kappa shape index (κ1) is 17.7. The lowest BCUT2D eigenvalue weighted by atomic mass is 9.91. The number of carbonyl (C=O) groups excluding carboxylic acids is 1. The van der Waals surface area contributed by atoms with Gasteiger partial charge in [-0.15, -0.1) is 11.3 Å². The highest BCUT2D eigenvalue weighted by Crippen LogP contribution is 2.33. The molecule has 0 radical (unpaired) electrons.